The average molecular weight is 293 g/mol. The number of aliphatic hydroxyl groups excluding tert-OH is 1. The molecule has 0 spiro atoms. The molecule has 0 aliphatic heterocycles. The molecule has 1 heterocycles. The largest absolute Gasteiger partial charge is 0.395 e. The van der Waals surface area contributed by atoms with Crippen LogP contribution in [0.3, 0.4) is 0 Å². The first-order valence-electron chi connectivity index (χ1n) is 7.93. The van der Waals surface area contributed by atoms with E-state index in [2.05, 4.69) is 55.9 Å². The molecule has 0 saturated carbocycles. The van der Waals surface area contributed by atoms with Crippen LogP contribution in [0.1, 0.15) is 51.7 Å². The lowest BCUT2D eigenvalue weighted by atomic mass is 10.1. The van der Waals surface area contributed by atoms with Gasteiger partial charge in [0.25, 0.3) is 0 Å². The Morgan fingerprint density at radius 2 is 2.00 bits per heavy atom. The molecule has 0 aliphatic carbocycles. The lowest BCUT2D eigenvalue weighted by molar-refractivity contribution is 0.301. The van der Waals surface area contributed by atoms with Gasteiger partial charge in [0, 0.05) is 31.4 Å². The maximum absolute atomic E-state index is 9.24. The molecule has 4 nitrogen and oxygen atoms in total. The van der Waals surface area contributed by atoms with Crippen molar-refractivity contribution in [2.24, 2.45) is 0 Å². The Labute approximate surface area is 129 Å². The summed E-state index contributed by atoms with van der Waals surface area (Å²) in [7, 11) is 0. The van der Waals surface area contributed by atoms with Gasteiger partial charge in [0.15, 0.2) is 0 Å². The first-order valence-corrected chi connectivity index (χ1v) is 7.93. The Kier molecular flexibility index (Phi) is 7.12. The number of aromatic nitrogens is 1. The van der Waals surface area contributed by atoms with Crippen molar-refractivity contribution in [3.8, 4) is 0 Å². The summed E-state index contributed by atoms with van der Waals surface area (Å²) in [4.78, 5) is 6.81. The number of unbranched alkanes of at least 4 members (excludes halogenated alkanes) is 1. The molecule has 0 fully saturated rings. The smallest absolute Gasteiger partial charge is 0.131 e. The Morgan fingerprint density at radius 3 is 2.52 bits per heavy atom. The second kappa shape index (κ2) is 8.35. The highest BCUT2D eigenvalue weighted by Crippen LogP contribution is 2.19. The summed E-state index contributed by atoms with van der Waals surface area (Å²) < 4.78 is 0. The van der Waals surface area contributed by atoms with Crippen LogP contribution in [0.25, 0.3) is 0 Å². The highest BCUT2D eigenvalue weighted by atomic mass is 16.3. The van der Waals surface area contributed by atoms with Crippen molar-refractivity contribution < 1.29 is 5.11 Å². The lowest BCUT2D eigenvalue weighted by Crippen LogP contribution is -2.35. The summed E-state index contributed by atoms with van der Waals surface area (Å²) >= 11 is 0. The predicted octanol–water partition coefficient (Wildman–Crippen LogP) is 2.88. The topological polar surface area (TPSA) is 48.4 Å². The van der Waals surface area contributed by atoms with E-state index in [1.54, 1.807) is 0 Å². The summed E-state index contributed by atoms with van der Waals surface area (Å²) in [6.07, 6.45) is 4.21. The molecular formula is C17H31N3O. The van der Waals surface area contributed by atoms with Crippen LogP contribution >= 0.6 is 0 Å². The number of pyridine rings is 1. The summed E-state index contributed by atoms with van der Waals surface area (Å²) in [5.74, 6) is 0.997. The Bertz CT molecular complexity index is 427. The monoisotopic (exact) mass is 293 g/mol. The quantitative estimate of drug-likeness (QED) is 0.774. The van der Waals surface area contributed by atoms with E-state index in [1.165, 1.54) is 11.1 Å². The van der Waals surface area contributed by atoms with Gasteiger partial charge in [-0.25, -0.2) is 4.98 Å². The first kappa shape index (κ1) is 17.9. The number of aliphatic hydroxyl groups is 1. The maximum Gasteiger partial charge on any atom is 0.131 e. The summed E-state index contributed by atoms with van der Waals surface area (Å²) in [6.45, 7) is 13.3. The zero-order valence-corrected chi connectivity index (χ0v) is 14.2. The van der Waals surface area contributed by atoms with E-state index in [0.717, 1.165) is 31.7 Å². The fourth-order valence-corrected chi connectivity index (χ4v) is 2.21. The van der Waals surface area contributed by atoms with Gasteiger partial charge in [-0.15, -0.1) is 0 Å². The highest BCUT2D eigenvalue weighted by Gasteiger charge is 2.12. The van der Waals surface area contributed by atoms with Crippen molar-refractivity contribution >= 4 is 5.82 Å². The maximum atomic E-state index is 9.24. The Hall–Kier alpha value is -1.13. The molecule has 0 aromatic carbocycles. The molecule has 0 saturated heterocycles. The van der Waals surface area contributed by atoms with Gasteiger partial charge in [0.05, 0.1) is 6.61 Å². The highest BCUT2D eigenvalue weighted by molar-refractivity contribution is 5.47. The third-order valence-electron chi connectivity index (χ3n) is 3.38. The number of anilines is 1. The molecule has 1 aromatic rings. The molecule has 0 unspecified atom stereocenters. The van der Waals surface area contributed by atoms with Crippen LogP contribution < -0.4 is 10.2 Å². The summed E-state index contributed by atoms with van der Waals surface area (Å²) in [5.41, 5.74) is 2.48. The molecule has 120 valence electrons. The molecule has 4 heteroatoms. The molecule has 0 amide bonds. The van der Waals surface area contributed by atoms with Crippen molar-refractivity contribution in [2.45, 2.75) is 59.5 Å². The number of hydrogen-bond donors (Lipinski definition) is 2. The Balaban J connectivity index is 2.79. The van der Waals surface area contributed by atoms with Gasteiger partial charge in [-0.3, -0.25) is 0 Å². The van der Waals surface area contributed by atoms with Crippen LogP contribution in [0.5, 0.6) is 0 Å². The molecule has 0 bridgehead atoms. The zero-order chi connectivity index (χ0) is 15.9. The minimum absolute atomic E-state index is 0.108. The number of hydrogen-bond acceptors (Lipinski definition) is 4. The molecule has 21 heavy (non-hydrogen) atoms. The molecule has 0 radical (unpaired) electrons. The number of nitrogens with zero attached hydrogens (tertiary/aromatic N) is 2. The first-order chi connectivity index (χ1) is 9.87. The van der Waals surface area contributed by atoms with Gasteiger partial charge in [0.1, 0.15) is 5.82 Å². The Morgan fingerprint density at radius 1 is 1.29 bits per heavy atom. The van der Waals surface area contributed by atoms with E-state index < -0.39 is 0 Å². The number of rotatable bonds is 8. The molecule has 1 aromatic heterocycles. The fraction of sp³-hybridized carbons (Fsp3) is 0.706. The van der Waals surface area contributed by atoms with Crippen LogP contribution in [0.4, 0.5) is 5.82 Å². The molecule has 0 atom stereocenters. The van der Waals surface area contributed by atoms with Gasteiger partial charge in [0.2, 0.25) is 0 Å². The fourth-order valence-electron chi connectivity index (χ4n) is 2.21. The summed E-state index contributed by atoms with van der Waals surface area (Å²) in [5, 5.41) is 12.7. The second-order valence-corrected chi connectivity index (χ2v) is 6.65. The van der Waals surface area contributed by atoms with E-state index in [4.69, 9.17) is 0 Å². The summed E-state index contributed by atoms with van der Waals surface area (Å²) in [6, 6.07) is 2.19. The zero-order valence-electron chi connectivity index (χ0n) is 14.2. The standard InChI is InChI=1S/C17H31N3O/c1-6-7-8-20(9-10-21)16-14(2)11-15(12-18-16)13-19-17(3,4)5/h11-12,19,21H,6-10,13H2,1-5H3. The number of aryl methyl sites for hydroxylation is 1. The molecule has 1 rings (SSSR count). The van der Waals surface area contributed by atoms with Gasteiger partial charge in [-0.05, 0) is 51.3 Å². The van der Waals surface area contributed by atoms with Crippen LogP contribution in [0.15, 0.2) is 12.3 Å². The molecule has 2 N–H and O–H groups in total. The van der Waals surface area contributed by atoms with Gasteiger partial charge in [-0.2, -0.15) is 0 Å². The lowest BCUT2D eigenvalue weighted by Gasteiger charge is -2.25. The van der Waals surface area contributed by atoms with Crippen molar-refractivity contribution in [1.29, 1.82) is 0 Å². The van der Waals surface area contributed by atoms with E-state index in [9.17, 15) is 5.11 Å². The normalized spacial score (nSPS) is 11.7. The second-order valence-electron chi connectivity index (χ2n) is 6.65. The minimum atomic E-state index is 0.108. The SMILES string of the molecule is CCCCN(CCO)c1ncc(CNC(C)(C)C)cc1C. The third kappa shape index (κ3) is 6.44. The van der Waals surface area contributed by atoms with E-state index in [-0.39, 0.29) is 12.1 Å². The van der Waals surface area contributed by atoms with Gasteiger partial charge < -0.3 is 15.3 Å². The van der Waals surface area contributed by atoms with Crippen molar-refractivity contribution in [1.82, 2.24) is 10.3 Å². The van der Waals surface area contributed by atoms with Crippen LogP contribution in [0.2, 0.25) is 0 Å². The van der Waals surface area contributed by atoms with Gasteiger partial charge in [-0.1, -0.05) is 13.3 Å². The third-order valence-corrected chi connectivity index (χ3v) is 3.38. The van der Waals surface area contributed by atoms with Crippen molar-refractivity contribution in [3.63, 3.8) is 0 Å². The van der Waals surface area contributed by atoms with E-state index in [0.29, 0.717) is 6.54 Å². The average Bonchev–Trinajstić information content (AvgIpc) is 2.41. The minimum Gasteiger partial charge on any atom is -0.395 e. The van der Waals surface area contributed by atoms with Gasteiger partial charge >= 0.3 is 0 Å². The van der Waals surface area contributed by atoms with Crippen LogP contribution in [-0.2, 0) is 6.54 Å². The van der Waals surface area contributed by atoms with Crippen LogP contribution in [0, 0.1) is 6.92 Å². The van der Waals surface area contributed by atoms with Crippen molar-refractivity contribution in [3.05, 3.63) is 23.4 Å². The predicted molar refractivity (Wildman–Crippen MR) is 89.8 cm³/mol. The van der Waals surface area contributed by atoms with Crippen molar-refractivity contribution in [2.75, 3.05) is 24.6 Å². The molecule has 0 aliphatic rings. The van der Waals surface area contributed by atoms with E-state index >= 15 is 0 Å². The van der Waals surface area contributed by atoms with E-state index in [1.807, 2.05) is 6.20 Å². The molecular weight excluding hydrogens is 262 g/mol. The number of nitrogens with one attached hydrogen (secondary N) is 1. The van der Waals surface area contributed by atoms with Crippen LogP contribution in [-0.4, -0.2) is 35.3 Å².